The van der Waals surface area contributed by atoms with Gasteiger partial charge in [-0.05, 0) is 35.4 Å². The Hall–Kier alpha value is -2.82. The van der Waals surface area contributed by atoms with E-state index < -0.39 is 58.4 Å². The third-order valence-corrected chi connectivity index (χ3v) is 8.15. The first kappa shape index (κ1) is 25.3. The maximum atomic E-state index is 12.9. The van der Waals surface area contributed by atoms with Crippen LogP contribution in [0.5, 0.6) is 0 Å². The number of ether oxygens (including phenoxy) is 1. The molecule has 2 amide bonds. The van der Waals surface area contributed by atoms with Gasteiger partial charge in [0.15, 0.2) is 18.4 Å². The predicted octanol–water partition coefficient (Wildman–Crippen LogP) is 2.41. The molecule has 2 aromatic rings. The molecule has 8 nitrogen and oxygen atoms in total. The van der Waals surface area contributed by atoms with Crippen LogP contribution < -0.4 is 5.32 Å². The van der Waals surface area contributed by atoms with Gasteiger partial charge in [0.05, 0.1) is 17.2 Å². The Labute approximate surface area is 217 Å². The number of Topliss-reactive ketones (excluding diaryl/α,β-unsaturated/α-hetero) is 1. The molecule has 2 aromatic carbocycles. The second-order valence-electron chi connectivity index (χ2n) is 8.11. The molecule has 11 heteroatoms. The Morgan fingerprint density at radius 3 is 2.46 bits per heavy atom. The summed E-state index contributed by atoms with van der Waals surface area (Å²) < 4.78 is 18.7. The zero-order chi connectivity index (χ0) is 25.3. The third kappa shape index (κ3) is 5.39. The van der Waals surface area contributed by atoms with Gasteiger partial charge < -0.3 is 15.0 Å². The molecule has 2 fully saturated rings. The largest absolute Gasteiger partial charge is 0.455 e. The summed E-state index contributed by atoms with van der Waals surface area (Å²) in [4.78, 5) is 51.6. The molecular formula is C24H20BrClN2O6S. The molecule has 2 heterocycles. The van der Waals surface area contributed by atoms with Crippen LogP contribution >= 0.6 is 27.5 Å². The van der Waals surface area contributed by atoms with Crippen molar-refractivity contribution in [1.29, 1.82) is 0 Å². The van der Waals surface area contributed by atoms with Gasteiger partial charge in [0, 0.05) is 20.8 Å². The molecule has 0 bridgehead atoms. The van der Waals surface area contributed by atoms with E-state index in [2.05, 4.69) is 27.8 Å². The highest BCUT2D eigenvalue weighted by molar-refractivity contribution is 9.10. The number of hydrogen-bond acceptors (Lipinski definition) is 6. The van der Waals surface area contributed by atoms with E-state index in [0.29, 0.717) is 16.1 Å². The number of hydrogen-bond donors (Lipinski definition) is 1. The topological polar surface area (TPSA) is 110 Å². The fourth-order valence-electron chi connectivity index (χ4n) is 3.94. The van der Waals surface area contributed by atoms with Crippen molar-refractivity contribution in [2.45, 2.75) is 23.9 Å². The molecule has 35 heavy (non-hydrogen) atoms. The lowest BCUT2D eigenvalue weighted by Gasteiger charge is -2.52. The first-order chi connectivity index (χ1) is 16.7. The van der Waals surface area contributed by atoms with Gasteiger partial charge in [0.2, 0.25) is 11.8 Å². The number of carbonyl (C=O) groups is 4. The number of halogens is 2. The molecule has 2 aliphatic heterocycles. The van der Waals surface area contributed by atoms with E-state index in [1.165, 1.54) is 0 Å². The summed E-state index contributed by atoms with van der Waals surface area (Å²) in [7, 11) is -1.56. The van der Waals surface area contributed by atoms with E-state index >= 15 is 0 Å². The van der Waals surface area contributed by atoms with Crippen LogP contribution in [0.15, 0.2) is 65.2 Å². The summed E-state index contributed by atoms with van der Waals surface area (Å²) in [6.07, 6.45) is 0.0106. The van der Waals surface area contributed by atoms with Crippen LogP contribution in [-0.2, 0) is 36.3 Å². The summed E-state index contributed by atoms with van der Waals surface area (Å²) in [6.45, 7) is 3.28. The number of ketones is 1. The number of nitrogens with zero attached hydrogens (tertiary/aromatic N) is 1. The van der Waals surface area contributed by atoms with Crippen molar-refractivity contribution in [2.75, 3.05) is 12.4 Å². The number of benzene rings is 2. The van der Waals surface area contributed by atoms with Crippen LogP contribution in [0.3, 0.4) is 0 Å². The van der Waals surface area contributed by atoms with Crippen LogP contribution in [-0.4, -0.2) is 62.5 Å². The monoisotopic (exact) mass is 578 g/mol. The fraction of sp³-hybridized carbons (Fsp3) is 0.250. The maximum Gasteiger partial charge on any atom is 0.333 e. The summed E-state index contributed by atoms with van der Waals surface area (Å²) >= 11 is 9.14. The van der Waals surface area contributed by atoms with Crippen molar-refractivity contribution >= 4 is 61.9 Å². The minimum atomic E-state index is -1.56. The molecule has 0 saturated carbocycles. The van der Waals surface area contributed by atoms with Gasteiger partial charge in [-0.1, -0.05) is 58.4 Å². The molecule has 0 aliphatic carbocycles. The number of nitrogens with one attached hydrogen (secondary N) is 1. The van der Waals surface area contributed by atoms with Crippen molar-refractivity contribution in [2.24, 2.45) is 0 Å². The second kappa shape index (κ2) is 10.4. The van der Waals surface area contributed by atoms with Gasteiger partial charge in [-0.2, -0.15) is 0 Å². The zero-order valence-corrected chi connectivity index (χ0v) is 21.4. The van der Waals surface area contributed by atoms with Crippen molar-refractivity contribution in [3.8, 4) is 0 Å². The molecule has 182 valence electrons. The highest BCUT2D eigenvalue weighted by Crippen LogP contribution is 2.34. The normalized spacial score (nSPS) is 23.2. The Bertz CT molecular complexity index is 1230. The third-order valence-electron chi connectivity index (χ3n) is 5.67. The predicted molar refractivity (Wildman–Crippen MR) is 133 cm³/mol. The average Bonchev–Trinajstić information content (AvgIpc) is 2.82. The number of rotatable bonds is 7. The van der Waals surface area contributed by atoms with Crippen LogP contribution in [0, 0.1) is 0 Å². The summed E-state index contributed by atoms with van der Waals surface area (Å²) in [5.41, 5.74) is 1.32. The molecule has 0 radical (unpaired) electrons. The van der Waals surface area contributed by atoms with Crippen molar-refractivity contribution < 1.29 is 28.1 Å². The van der Waals surface area contributed by atoms with Crippen LogP contribution in [0.2, 0.25) is 5.02 Å². The van der Waals surface area contributed by atoms with E-state index in [0.717, 1.165) is 9.37 Å². The van der Waals surface area contributed by atoms with Crippen molar-refractivity contribution in [1.82, 2.24) is 10.2 Å². The molecule has 3 unspecified atom stereocenters. The van der Waals surface area contributed by atoms with Gasteiger partial charge >= 0.3 is 5.97 Å². The zero-order valence-electron chi connectivity index (χ0n) is 18.2. The van der Waals surface area contributed by atoms with E-state index in [-0.39, 0.29) is 17.7 Å². The van der Waals surface area contributed by atoms with E-state index in [9.17, 15) is 23.4 Å². The highest BCUT2D eigenvalue weighted by Gasteiger charge is 2.59. The molecule has 0 spiro atoms. The van der Waals surface area contributed by atoms with E-state index in [1.807, 2.05) is 0 Å². The number of β-lactam (4-membered cyclic amide) rings is 1. The number of carbonyl (C=O) groups excluding carboxylic acids is 4. The first-order valence-corrected chi connectivity index (χ1v) is 13.1. The number of esters is 1. The minimum absolute atomic E-state index is 0.0106. The van der Waals surface area contributed by atoms with Gasteiger partial charge in [0.1, 0.15) is 11.4 Å². The molecule has 0 aromatic heterocycles. The fourth-order valence-corrected chi connectivity index (χ4v) is 5.99. The SMILES string of the molecule is C=C1CS(=O)[C@@H]2C(NC(=O)Cc3ccc(Cl)cc3)C(=O)N2C1C(=O)OCC(=O)c1ccc(Br)cc1. The average molecular weight is 580 g/mol. The Balaban J connectivity index is 1.39. The summed E-state index contributed by atoms with van der Waals surface area (Å²) in [6, 6.07) is 11.1. The highest BCUT2D eigenvalue weighted by atomic mass is 79.9. The number of amides is 2. The Morgan fingerprint density at radius 1 is 1.14 bits per heavy atom. The van der Waals surface area contributed by atoms with E-state index in [1.54, 1.807) is 48.5 Å². The second-order valence-corrected chi connectivity index (χ2v) is 11.0. The van der Waals surface area contributed by atoms with Crippen LogP contribution in [0.1, 0.15) is 15.9 Å². The smallest absolute Gasteiger partial charge is 0.333 e. The van der Waals surface area contributed by atoms with Gasteiger partial charge in [0.25, 0.3) is 0 Å². The van der Waals surface area contributed by atoms with Gasteiger partial charge in [-0.25, -0.2) is 4.79 Å². The maximum absolute atomic E-state index is 12.9. The minimum Gasteiger partial charge on any atom is -0.455 e. The lowest BCUT2D eigenvalue weighted by atomic mass is 9.98. The van der Waals surface area contributed by atoms with Crippen LogP contribution in [0.4, 0.5) is 0 Å². The van der Waals surface area contributed by atoms with Gasteiger partial charge in [-0.15, -0.1) is 0 Å². The standard InChI is InChI=1S/C24H20BrClN2O6S/c1-13-12-35(33)23-20(27-19(30)10-14-2-8-17(26)9-3-14)22(31)28(23)21(13)24(32)34-11-18(29)15-4-6-16(25)7-5-15/h2-9,20-21,23H,1,10-12H2,(H,27,30)/t20?,21?,23-,35?/m1/s1. The molecule has 4 atom stereocenters. The lowest BCUT2D eigenvalue weighted by molar-refractivity contribution is -0.163. The summed E-state index contributed by atoms with van der Waals surface area (Å²) in [5.74, 6) is -2.25. The van der Waals surface area contributed by atoms with Crippen molar-refractivity contribution in [3.63, 3.8) is 0 Å². The molecule has 1 N–H and O–H groups in total. The molecule has 2 aliphatic rings. The van der Waals surface area contributed by atoms with E-state index in [4.69, 9.17) is 16.3 Å². The summed E-state index contributed by atoms with van der Waals surface area (Å²) in [5, 5.41) is 2.26. The van der Waals surface area contributed by atoms with Crippen molar-refractivity contribution in [3.05, 3.63) is 81.3 Å². The molecular weight excluding hydrogens is 560 g/mol. The number of fused-ring (bicyclic) bond motifs is 1. The Morgan fingerprint density at radius 2 is 1.80 bits per heavy atom. The molecule has 2 saturated heterocycles. The Kier molecular flexibility index (Phi) is 7.53. The quantitative estimate of drug-likeness (QED) is 0.234. The lowest BCUT2D eigenvalue weighted by Crippen LogP contribution is -2.77. The first-order valence-electron chi connectivity index (χ1n) is 10.5. The molecule has 4 rings (SSSR count). The van der Waals surface area contributed by atoms with Gasteiger partial charge in [-0.3, -0.25) is 18.6 Å². The van der Waals surface area contributed by atoms with Crippen LogP contribution in [0.25, 0.3) is 0 Å².